The highest BCUT2D eigenvalue weighted by molar-refractivity contribution is 5.83. The van der Waals surface area contributed by atoms with E-state index in [1.54, 1.807) is 19.8 Å². The summed E-state index contributed by atoms with van der Waals surface area (Å²) in [5.41, 5.74) is 3.09. The molecule has 4 saturated heterocycles. The molecule has 0 saturated carbocycles. The van der Waals surface area contributed by atoms with Gasteiger partial charge in [-0.15, -0.1) is 0 Å². The van der Waals surface area contributed by atoms with Gasteiger partial charge in [-0.05, 0) is 49.5 Å². The van der Waals surface area contributed by atoms with Gasteiger partial charge in [0.25, 0.3) is 0 Å². The predicted molar refractivity (Wildman–Crippen MR) is 107 cm³/mol. The smallest absolute Gasteiger partial charge is 0.182 e. The van der Waals surface area contributed by atoms with E-state index in [1.807, 2.05) is 0 Å². The number of nitrogens with one attached hydrogen (secondary N) is 1. The first-order valence-electron chi connectivity index (χ1n) is 10.1. The van der Waals surface area contributed by atoms with Crippen LogP contribution in [0.3, 0.4) is 0 Å². The van der Waals surface area contributed by atoms with Crippen LogP contribution >= 0.6 is 0 Å². The molecule has 3 atom stereocenters. The van der Waals surface area contributed by atoms with Crippen LogP contribution in [0.1, 0.15) is 24.3 Å². The van der Waals surface area contributed by atoms with E-state index < -0.39 is 0 Å². The summed E-state index contributed by atoms with van der Waals surface area (Å²) >= 11 is 0. The van der Waals surface area contributed by atoms with Crippen molar-refractivity contribution in [3.05, 3.63) is 42.5 Å². The lowest BCUT2D eigenvalue weighted by Gasteiger charge is -2.51. The van der Waals surface area contributed by atoms with Crippen LogP contribution in [0.2, 0.25) is 0 Å². The highest BCUT2D eigenvalue weighted by Crippen LogP contribution is 2.48. The van der Waals surface area contributed by atoms with Gasteiger partial charge in [0.05, 0.1) is 13.4 Å². The highest BCUT2D eigenvalue weighted by Gasteiger charge is 2.54. The van der Waals surface area contributed by atoms with E-state index in [4.69, 9.17) is 9.72 Å². The first-order chi connectivity index (χ1) is 13.8. The van der Waals surface area contributed by atoms with Gasteiger partial charge >= 0.3 is 0 Å². The van der Waals surface area contributed by atoms with Crippen LogP contribution in [-0.4, -0.2) is 63.7 Å². The fourth-order valence-corrected chi connectivity index (χ4v) is 5.78. The van der Waals surface area contributed by atoms with E-state index in [0.29, 0.717) is 18.0 Å². The molecule has 7 nitrogen and oxygen atoms in total. The molecule has 0 amide bonds. The van der Waals surface area contributed by atoms with Gasteiger partial charge < -0.3 is 14.6 Å². The zero-order valence-corrected chi connectivity index (χ0v) is 16.0. The number of piperidine rings is 3. The van der Waals surface area contributed by atoms with Crippen molar-refractivity contribution in [1.29, 1.82) is 0 Å². The first-order valence-corrected chi connectivity index (χ1v) is 10.1. The third-order valence-corrected chi connectivity index (χ3v) is 7.01. The second-order valence-corrected chi connectivity index (χ2v) is 8.19. The zero-order chi connectivity index (χ0) is 18.7. The molecule has 4 aliphatic rings. The van der Waals surface area contributed by atoms with Gasteiger partial charge in [0.15, 0.2) is 11.5 Å². The van der Waals surface area contributed by atoms with Crippen LogP contribution in [0.4, 0.5) is 5.82 Å². The van der Waals surface area contributed by atoms with Gasteiger partial charge in [0.2, 0.25) is 0 Å². The van der Waals surface area contributed by atoms with Gasteiger partial charge in [0.1, 0.15) is 17.6 Å². The van der Waals surface area contributed by atoms with Crippen LogP contribution in [-0.2, 0) is 0 Å². The molecule has 7 rings (SSSR count). The van der Waals surface area contributed by atoms with Crippen LogP contribution in [0.5, 0.6) is 5.75 Å². The molecular formula is C21H24N6O. The Bertz CT molecular complexity index is 994. The summed E-state index contributed by atoms with van der Waals surface area (Å²) in [5.74, 6) is 3.11. The number of rotatable bonds is 3. The second kappa shape index (κ2) is 6.17. The molecule has 0 spiro atoms. The van der Waals surface area contributed by atoms with Crippen molar-refractivity contribution in [3.8, 4) is 5.75 Å². The molecule has 1 aromatic carbocycles. The molecular weight excluding hydrogens is 352 g/mol. The molecule has 28 heavy (non-hydrogen) atoms. The maximum absolute atomic E-state index is 5.37. The fourth-order valence-electron chi connectivity index (χ4n) is 5.78. The van der Waals surface area contributed by atoms with E-state index >= 15 is 0 Å². The summed E-state index contributed by atoms with van der Waals surface area (Å²) in [5, 5.41) is 0. The van der Waals surface area contributed by atoms with Crippen molar-refractivity contribution in [2.75, 3.05) is 31.6 Å². The predicted octanol–water partition coefficient (Wildman–Crippen LogP) is 2.43. The molecule has 4 fully saturated rings. The Morgan fingerprint density at radius 3 is 2.64 bits per heavy atom. The summed E-state index contributed by atoms with van der Waals surface area (Å²) in [6, 6.07) is 9.67. The summed E-state index contributed by atoms with van der Waals surface area (Å²) in [4.78, 5) is 21.9. The largest absolute Gasteiger partial charge is 0.497 e. The standard InChI is InChI=1S/C21H24N6O/c1-28-15-4-2-13(3-5-15)16-10-27(18-14-6-8-26(9-7-14)19(16)18)21-17-20(23-11-22-17)24-12-25-21/h2-5,11-12,14,16,18-19H,6-10H2,1H3,(H,22,23,24,25)/t16-,18+,19+/m0/s1. The lowest BCUT2D eigenvalue weighted by molar-refractivity contribution is 0.0355. The first kappa shape index (κ1) is 16.3. The molecule has 7 heteroatoms. The third kappa shape index (κ3) is 2.29. The number of hydrogen-bond donors (Lipinski definition) is 1. The van der Waals surface area contributed by atoms with Gasteiger partial charge in [-0.1, -0.05) is 12.1 Å². The monoisotopic (exact) mass is 376 g/mol. The molecule has 4 aliphatic heterocycles. The minimum Gasteiger partial charge on any atom is -0.497 e. The number of imidazole rings is 1. The molecule has 0 radical (unpaired) electrons. The van der Waals surface area contributed by atoms with Gasteiger partial charge in [-0.25, -0.2) is 15.0 Å². The summed E-state index contributed by atoms with van der Waals surface area (Å²) in [6.07, 6.45) is 5.93. The van der Waals surface area contributed by atoms with Crippen LogP contribution in [0.15, 0.2) is 36.9 Å². The third-order valence-electron chi connectivity index (χ3n) is 7.01. The van der Waals surface area contributed by atoms with Crippen LogP contribution in [0.25, 0.3) is 11.2 Å². The number of fused-ring (bicyclic) bond motifs is 3. The minimum absolute atomic E-state index is 0.465. The SMILES string of the molecule is COc1ccc([C@@H]2CN(c3ncnc4nc[nH]c34)[C@@H]3C4CCN(CC4)[C@@H]32)cc1. The van der Waals surface area contributed by atoms with E-state index in [0.717, 1.165) is 35.2 Å². The summed E-state index contributed by atoms with van der Waals surface area (Å²) in [7, 11) is 1.72. The number of H-pyrrole nitrogens is 1. The number of aromatic nitrogens is 4. The van der Waals surface area contributed by atoms with Crippen molar-refractivity contribution in [2.24, 2.45) is 5.92 Å². The molecule has 2 aromatic heterocycles. The van der Waals surface area contributed by atoms with E-state index in [9.17, 15) is 0 Å². The van der Waals surface area contributed by atoms with Crippen molar-refractivity contribution in [2.45, 2.75) is 30.8 Å². The molecule has 1 N–H and O–H groups in total. The number of aromatic amines is 1. The number of ether oxygens (including phenoxy) is 1. The van der Waals surface area contributed by atoms with Crippen molar-refractivity contribution >= 4 is 17.0 Å². The van der Waals surface area contributed by atoms with Gasteiger partial charge in [-0.3, -0.25) is 4.90 Å². The van der Waals surface area contributed by atoms with E-state index in [2.05, 4.69) is 49.0 Å². The number of methoxy groups -OCH3 is 1. The normalized spacial score (nSPS) is 31.3. The molecule has 0 aliphatic carbocycles. The molecule has 144 valence electrons. The maximum atomic E-state index is 5.37. The number of hydrogen-bond acceptors (Lipinski definition) is 6. The zero-order valence-electron chi connectivity index (χ0n) is 16.0. The van der Waals surface area contributed by atoms with Crippen molar-refractivity contribution in [3.63, 3.8) is 0 Å². The molecule has 2 bridgehead atoms. The Labute approximate surface area is 163 Å². The van der Waals surface area contributed by atoms with Crippen LogP contribution in [0, 0.1) is 5.92 Å². The Kier molecular flexibility index (Phi) is 3.59. The van der Waals surface area contributed by atoms with Crippen molar-refractivity contribution in [1.82, 2.24) is 24.8 Å². The maximum Gasteiger partial charge on any atom is 0.182 e. The molecule has 6 heterocycles. The average molecular weight is 376 g/mol. The molecule has 3 aromatic rings. The Hall–Kier alpha value is -2.67. The summed E-state index contributed by atoms with van der Waals surface area (Å²) in [6.45, 7) is 3.41. The highest BCUT2D eigenvalue weighted by atomic mass is 16.5. The van der Waals surface area contributed by atoms with E-state index in [1.165, 1.54) is 31.5 Å². The average Bonchev–Trinajstić information content (AvgIpc) is 3.41. The topological polar surface area (TPSA) is 70.2 Å². The van der Waals surface area contributed by atoms with Gasteiger partial charge in [-0.2, -0.15) is 0 Å². The summed E-state index contributed by atoms with van der Waals surface area (Å²) < 4.78 is 5.37. The lowest BCUT2D eigenvalue weighted by Crippen LogP contribution is -2.60. The fraction of sp³-hybridized carbons (Fsp3) is 0.476. The van der Waals surface area contributed by atoms with Gasteiger partial charge in [0, 0.05) is 24.5 Å². The molecule has 0 unspecified atom stereocenters. The Balaban J connectivity index is 1.45. The number of anilines is 1. The van der Waals surface area contributed by atoms with Crippen LogP contribution < -0.4 is 9.64 Å². The second-order valence-electron chi connectivity index (χ2n) is 8.19. The Morgan fingerprint density at radius 1 is 1.04 bits per heavy atom. The number of nitrogens with zero attached hydrogens (tertiary/aromatic N) is 5. The van der Waals surface area contributed by atoms with E-state index in [-0.39, 0.29) is 0 Å². The quantitative estimate of drug-likeness (QED) is 0.757. The number of benzene rings is 1. The minimum atomic E-state index is 0.465. The Morgan fingerprint density at radius 2 is 1.86 bits per heavy atom. The van der Waals surface area contributed by atoms with Crippen molar-refractivity contribution < 1.29 is 4.74 Å². The lowest BCUT2D eigenvalue weighted by atomic mass is 9.75.